The SMILES string of the molecule is COc1cc([C@@H](O)[C@H](CC2Cc3ccccc3C2)Cn2cc(C)c(C(=O)O)c2)cc(OC)c1C. The fraction of sp³-hybridized carbons (Fsp3) is 0.393. The van der Waals surface area contributed by atoms with Crippen molar-refractivity contribution in [2.45, 2.75) is 45.8 Å². The molecule has 6 nitrogen and oxygen atoms in total. The van der Waals surface area contributed by atoms with Gasteiger partial charge < -0.3 is 24.3 Å². The zero-order valence-corrected chi connectivity index (χ0v) is 20.2. The summed E-state index contributed by atoms with van der Waals surface area (Å²) >= 11 is 0. The molecule has 0 spiro atoms. The number of rotatable bonds is 9. The lowest BCUT2D eigenvalue weighted by molar-refractivity contribution is 0.0695. The maximum Gasteiger partial charge on any atom is 0.337 e. The molecule has 4 rings (SSSR count). The van der Waals surface area contributed by atoms with E-state index in [0.29, 0.717) is 35.1 Å². The molecule has 6 heteroatoms. The first-order valence-electron chi connectivity index (χ1n) is 11.7. The van der Waals surface area contributed by atoms with Crippen molar-refractivity contribution in [2.75, 3.05) is 14.2 Å². The highest BCUT2D eigenvalue weighted by Crippen LogP contribution is 2.39. The number of aromatic carboxylic acids is 1. The minimum atomic E-state index is -0.937. The Balaban J connectivity index is 1.64. The quantitative estimate of drug-likeness (QED) is 0.468. The zero-order chi connectivity index (χ0) is 24.4. The van der Waals surface area contributed by atoms with Crippen molar-refractivity contribution < 1.29 is 24.5 Å². The number of fused-ring (bicyclic) bond motifs is 1. The topological polar surface area (TPSA) is 80.9 Å². The summed E-state index contributed by atoms with van der Waals surface area (Å²) in [6, 6.07) is 12.3. The molecule has 1 aromatic heterocycles. The van der Waals surface area contributed by atoms with E-state index in [2.05, 4.69) is 24.3 Å². The van der Waals surface area contributed by atoms with E-state index in [1.165, 1.54) is 11.1 Å². The molecule has 0 bridgehead atoms. The van der Waals surface area contributed by atoms with Crippen molar-refractivity contribution in [1.82, 2.24) is 4.57 Å². The minimum absolute atomic E-state index is 0.120. The van der Waals surface area contributed by atoms with Crippen molar-refractivity contribution in [2.24, 2.45) is 11.8 Å². The number of aromatic nitrogens is 1. The predicted molar refractivity (Wildman–Crippen MR) is 131 cm³/mol. The Morgan fingerprint density at radius 2 is 1.65 bits per heavy atom. The molecule has 0 unspecified atom stereocenters. The number of benzene rings is 2. The third-order valence-corrected chi connectivity index (χ3v) is 7.09. The second kappa shape index (κ2) is 9.94. The number of aliphatic hydroxyl groups excluding tert-OH is 1. The Kier molecular flexibility index (Phi) is 6.98. The summed E-state index contributed by atoms with van der Waals surface area (Å²) in [5, 5.41) is 21.1. The summed E-state index contributed by atoms with van der Waals surface area (Å²) in [6.07, 6.45) is 5.55. The Hall–Kier alpha value is -3.25. The smallest absolute Gasteiger partial charge is 0.337 e. The molecule has 2 N–H and O–H groups in total. The molecule has 2 atom stereocenters. The lowest BCUT2D eigenvalue weighted by Crippen LogP contribution is -2.22. The molecule has 0 amide bonds. The van der Waals surface area contributed by atoms with Gasteiger partial charge in [0.05, 0.1) is 25.9 Å². The lowest BCUT2D eigenvalue weighted by atomic mass is 9.85. The van der Waals surface area contributed by atoms with Crippen molar-refractivity contribution in [3.8, 4) is 11.5 Å². The van der Waals surface area contributed by atoms with Crippen molar-refractivity contribution in [1.29, 1.82) is 0 Å². The van der Waals surface area contributed by atoms with Gasteiger partial charge in [0.1, 0.15) is 11.5 Å². The van der Waals surface area contributed by atoms with Gasteiger partial charge in [-0.05, 0) is 73.4 Å². The zero-order valence-electron chi connectivity index (χ0n) is 20.2. The summed E-state index contributed by atoms with van der Waals surface area (Å²) in [5.74, 6) is 0.704. The van der Waals surface area contributed by atoms with Gasteiger partial charge in [-0.15, -0.1) is 0 Å². The van der Waals surface area contributed by atoms with E-state index < -0.39 is 12.1 Å². The normalized spacial score (nSPS) is 15.1. The van der Waals surface area contributed by atoms with Crippen molar-refractivity contribution >= 4 is 5.97 Å². The van der Waals surface area contributed by atoms with Crippen molar-refractivity contribution in [3.63, 3.8) is 0 Å². The summed E-state index contributed by atoms with van der Waals surface area (Å²) in [6.45, 7) is 4.24. The van der Waals surface area contributed by atoms with Crippen LogP contribution < -0.4 is 9.47 Å². The van der Waals surface area contributed by atoms with Gasteiger partial charge in [0, 0.05) is 30.4 Å². The van der Waals surface area contributed by atoms with Crippen LogP contribution in [0, 0.1) is 25.7 Å². The van der Waals surface area contributed by atoms with Gasteiger partial charge in [-0.2, -0.15) is 0 Å². The van der Waals surface area contributed by atoms with Gasteiger partial charge in [0.15, 0.2) is 0 Å². The van der Waals surface area contributed by atoms with Gasteiger partial charge in [-0.1, -0.05) is 24.3 Å². The van der Waals surface area contributed by atoms with Crippen LogP contribution in [0.3, 0.4) is 0 Å². The molecule has 0 radical (unpaired) electrons. The Bertz CT molecular complexity index is 1130. The summed E-state index contributed by atoms with van der Waals surface area (Å²) in [5.41, 5.74) is 5.39. The van der Waals surface area contributed by atoms with Crippen LogP contribution in [0.25, 0.3) is 0 Å². The molecule has 0 saturated heterocycles. The number of carbonyl (C=O) groups is 1. The number of methoxy groups -OCH3 is 2. The highest BCUT2D eigenvalue weighted by atomic mass is 16.5. The first kappa shape index (κ1) is 23.9. The van der Waals surface area contributed by atoms with Crippen LogP contribution in [0.2, 0.25) is 0 Å². The second-order valence-electron chi connectivity index (χ2n) is 9.39. The Morgan fingerprint density at radius 3 is 2.15 bits per heavy atom. The minimum Gasteiger partial charge on any atom is -0.496 e. The second-order valence-corrected chi connectivity index (χ2v) is 9.39. The Morgan fingerprint density at radius 1 is 1.06 bits per heavy atom. The van der Waals surface area contributed by atoms with Crippen LogP contribution >= 0.6 is 0 Å². The number of aryl methyl sites for hydroxylation is 1. The molecule has 34 heavy (non-hydrogen) atoms. The molecule has 1 heterocycles. The average molecular weight is 464 g/mol. The number of aliphatic hydroxyl groups is 1. The number of carboxylic acids is 1. The van der Waals surface area contributed by atoms with E-state index in [9.17, 15) is 15.0 Å². The molecular formula is C28H33NO5. The summed E-state index contributed by atoms with van der Waals surface area (Å²) in [7, 11) is 3.22. The van der Waals surface area contributed by atoms with E-state index in [1.54, 1.807) is 27.3 Å². The number of hydrogen-bond acceptors (Lipinski definition) is 4. The highest BCUT2D eigenvalue weighted by Gasteiger charge is 2.30. The van der Waals surface area contributed by atoms with Crippen LogP contribution in [-0.2, 0) is 19.4 Å². The van der Waals surface area contributed by atoms with Gasteiger partial charge in [0.2, 0.25) is 0 Å². The molecule has 0 aliphatic heterocycles. The number of nitrogens with zero attached hydrogens (tertiary/aromatic N) is 1. The molecule has 180 valence electrons. The summed E-state index contributed by atoms with van der Waals surface area (Å²) in [4.78, 5) is 11.6. The fourth-order valence-corrected chi connectivity index (χ4v) is 5.32. The highest BCUT2D eigenvalue weighted by molar-refractivity contribution is 5.89. The van der Waals surface area contributed by atoms with Gasteiger partial charge in [-0.3, -0.25) is 0 Å². The predicted octanol–water partition coefficient (Wildman–Crippen LogP) is 4.98. The lowest BCUT2D eigenvalue weighted by Gasteiger charge is -2.27. The van der Waals surface area contributed by atoms with Crippen LogP contribution in [0.5, 0.6) is 11.5 Å². The van der Waals surface area contributed by atoms with Gasteiger partial charge in [0.25, 0.3) is 0 Å². The monoisotopic (exact) mass is 463 g/mol. The van der Waals surface area contributed by atoms with Gasteiger partial charge in [-0.25, -0.2) is 4.79 Å². The number of carboxylic acid groups (broad SMARTS) is 1. The molecule has 2 aromatic carbocycles. The van der Waals surface area contributed by atoms with E-state index >= 15 is 0 Å². The van der Waals surface area contributed by atoms with Gasteiger partial charge >= 0.3 is 5.97 Å². The van der Waals surface area contributed by atoms with E-state index in [0.717, 1.165) is 30.4 Å². The van der Waals surface area contributed by atoms with Crippen molar-refractivity contribution in [3.05, 3.63) is 82.2 Å². The maximum atomic E-state index is 11.6. The number of hydrogen-bond donors (Lipinski definition) is 2. The molecule has 1 aliphatic carbocycles. The largest absolute Gasteiger partial charge is 0.496 e. The third-order valence-electron chi connectivity index (χ3n) is 7.09. The van der Waals surface area contributed by atoms with Crippen LogP contribution in [0.1, 0.15) is 50.7 Å². The molecule has 0 fully saturated rings. The standard InChI is InChI=1S/C28H33NO5/c1-17-14-29(16-24(17)28(31)32)15-23(11-19-9-20-7-5-6-8-21(20)10-19)27(30)22-12-25(33-3)18(2)26(13-22)34-4/h5-8,12-14,16,19,23,27,30H,9-11,15H2,1-4H3,(H,31,32)/t23-,27-/m1/s1. The molecule has 0 saturated carbocycles. The third kappa shape index (κ3) is 4.82. The first-order valence-corrected chi connectivity index (χ1v) is 11.7. The maximum absolute atomic E-state index is 11.6. The number of ether oxygens (including phenoxy) is 2. The Labute approximate surface area is 200 Å². The van der Waals surface area contributed by atoms with E-state index in [1.807, 2.05) is 29.8 Å². The van der Waals surface area contributed by atoms with Crippen LogP contribution in [-0.4, -0.2) is 35.0 Å². The van der Waals surface area contributed by atoms with Crippen LogP contribution in [0.15, 0.2) is 48.8 Å². The molecule has 1 aliphatic rings. The fourth-order valence-electron chi connectivity index (χ4n) is 5.32. The van der Waals surface area contributed by atoms with E-state index in [-0.39, 0.29) is 5.92 Å². The average Bonchev–Trinajstić information content (AvgIpc) is 3.40. The molecule has 3 aromatic rings. The molecular weight excluding hydrogens is 430 g/mol. The summed E-state index contributed by atoms with van der Waals surface area (Å²) < 4.78 is 13.0. The first-order chi connectivity index (χ1) is 16.3. The van der Waals surface area contributed by atoms with Crippen LogP contribution in [0.4, 0.5) is 0 Å². The van der Waals surface area contributed by atoms with E-state index in [4.69, 9.17) is 9.47 Å².